The number of aromatic amines is 1. The molecule has 1 aliphatic heterocycles. The van der Waals surface area contributed by atoms with E-state index in [1.165, 1.54) is 12.5 Å². The monoisotopic (exact) mass is 380 g/mol. The van der Waals surface area contributed by atoms with Crippen LogP contribution >= 0.6 is 0 Å². The summed E-state index contributed by atoms with van der Waals surface area (Å²) in [5.74, 6) is 0.322. The van der Waals surface area contributed by atoms with E-state index in [-0.39, 0.29) is 5.91 Å². The molecule has 0 atom stereocenters. The molecule has 0 saturated carbocycles. The van der Waals surface area contributed by atoms with Crippen molar-refractivity contribution < 1.29 is 18.0 Å². The number of aromatic nitrogens is 2. The van der Waals surface area contributed by atoms with Crippen LogP contribution in [0, 0.1) is 5.92 Å². The molecule has 2 heterocycles. The number of carbonyl (C=O) groups excluding carboxylic acids is 1. The maximum absolute atomic E-state index is 12.6. The lowest BCUT2D eigenvalue weighted by molar-refractivity contribution is -0.137. The molecule has 1 aromatic carbocycles. The largest absolute Gasteiger partial charge is 0.416 e. The topological polar surface area (TPSA) is 61.0 Å². The van der Waals surface area contributed by atoms with E-state index in [0.29, 0.717) is 18.2 Å². The van der Waals surface area contributed by atoms with E-state index in [1.54, 1.807) is 12.1 Å². The summed E-state index contributed by atoms with van der Waals surface area (Å²) in [5.41, 5.74) is 0.803. The van der Waals surface area contributed by atoms with Gasteiger partial charge in [0.1, 0.15) is 5.69 Å². The number of amides is 1. The first kappa shape index (κ1) is 19.4. The van der Waals surface area contributed by atoms with Crippen molar-refractivity contribution in [3.63, 3.8) is 0 Å². The van der Waals surface area contributed by atoms with E-state index in [9.17, 15) is 18.0 Å². The van der Waals surface area contributed by atoms with Crippen LogP contribution in [0.25, 0.3) is 0 Å². The molecule has 0 aliphatic carbocycles. The molecule has 2 N–H and O–H groups in total. The summed E-state index contributed by atoms with van der Waals surface area (Å²) in [5, 5.41) is 2.86. The zero-order valence-corrected chi connectivity index (χ0v) is 14.9. The second kappa shape index (κ2) is 8.56. The SMILES string of the molecule is O=C(NCCN1CCC(Cc2ccc(C(F)(F)F)cc2)CC1)c1cnc[nH]1. The molecular formula is C19H23F3N4O. The third kappa shape index (κ3) is 5.56. The van der Waals surface area contributed by atoms with Crippen molar-refractivity contribution in [3.8, 4) is 0 Å². The molecule has 0 spiro atoms. The molecule has 1 saturated heterocycles. The summed E-state index contributed by atoms with van der Waals surface area (Å²) in [6.45, 7) is 3.23. The third-order valence-corrected chi connectivity index (χ3v) is 4.97. The Kier molecular flexibility index (Phi) is 6.15. The molecule has 0 unspecified atom stereocenters. The fourth-order valence-electron chi connectivity index (χ4n) is 3.38. The smallest absolute Gasteiger partial charge is 0.349 e. The molecule has 8 heteroatoms. The Morgan fingerprint density at radius 1 is 1.22 bits per heavy atom. The minimum atomic E-state index is -4.28. The molecular weight excluding hydrogens is 357 g/mol. The average Bonchev–Trinajstić information content (AvgIpc) is 3.18. The van der Waals surface area contributed by atoms with E-state index in [2.05, 4.69) is 20.2 Å². The lowest BCUT2D eigenvalue weighted by atomic mass is 9.90. The van der Waals surface area contributed by atoms with Crippen molar-refractivity contribution in [1.29, 1.82) is 0 Å². The van der Waals surface area contributed by atoms with Crippen LogP contribution in [0.15, 0.2) is 36.8 Å². The van der Waals surface area contributed by atoms with Gasteiger partial charge >= 0.3 is 6.18 Å². The Morgan fingerprint density at radius 2 is 1.93 bits per heavy atom. The first-order chi connectivity index (χ1) is 12.9. The molecule has 3 rings (SSSR count). The Morgan fingerprint density at radius 3 is 2.52 bits per heavy atom. The van der Waals surface area contributed by atoms with Crippen LogP contribution in [0.1, 0.15) is 34.5 Å². The van der Waals surface area contributed by atoms with Gasteiger partial charge in [0, 0.05) is 13.1 Å². The van der Waals surface area contributed by atoms with Gasteiger partial charge in [-0.15, -0.1) is 0 Å². The highest BCUT2D eigenvalue weighted by molar-refractivity contribution is 5.91. The number of alkyl halides is 3. The Labute approximate surface area is 156 Å². The minimum absolute atomic E-state index is 0.162. The van der Waals surface area contributed by atoms with Crippen LogP contribution in [-0.2, 0) is 12.6 Å². The number of imidazole rings is 1. The van der Waals surface area contributed by atoms with Crippen molar-refractivity contribution in [2.45, 2.75) is 25.4 Å². The molecule has 1 fully saturated rings. The zero-order valence-electron chi connectivity index (χ0n) is 14.9. The number of benzene rings is 1. The third-order valence-electron chi connectivity index (χ3n) is 4.97. The molecule has 1 amide bonds. The van der Waals surface area contributed by atoms with Gasteiger partial charge in [0.2, 0.25) is 0 Å². The van der Waals surface area contributed by atoms with Crippen LogP contribution in [0.5, 0.6) is 0 Å². The number of hydrogen-bond donors (Lipinski definition) is 2. The van der Waals surface area contributed by atoms with E-state index in [0.717, 1.165) is 56.6 Å². The number of likely N-dealkylation sites (tertiary alicyclic amines) is 1. The quantitative estimate of drug-likeness (QED) is 0.810. The van der Waals surface area contributed by atoms with Gasteiger partial charge < -0.3 is 15.2 Å². The highest BCUT2D eigenvalue weighted by atomic mass is 19.4. The van der Waals surface area contributed by atoms with E-state index in [1.807, 2.05) is 0 Å². The van der Waals surface area contributed by atoms with Crippen molar-refractivity contribution in [1.82, 2.24) is 20.2 Å². The lowest BCUT2D eigenvalue weighted by Crippen LogP contribution is -2.40. The van der Waals surface area contributed by atoms with E-state index < -0.39 is 11.7 Å². The van der Waals surface area contributed by atoms with Crippen molar-refractivity contribution in [3.05, 3.63) is 53.6 Å². The molecule has 5 nitrogen and oxygen atoms in total. The number of piperidine rings is 1. The summed E-state index contributed by atoms with van der Waals surface area (Å²) >= 11 is 0. The molecule has 1 aliphatic rings. The second-order valence-electron chi connectivity index (χ2n) is 6.91. The maximum Gasteiger partial charge on any atom is 0.416 e. The van der Waals surface area contributed by atoms with Crippen LogP contribution < -0.4 is 5.32 Å². The number of hydrogen-bond acceptors (Lipinski definition) is 3. The Hall–Kier alpha value is -2.35. The average molecular weight is 380 g/mol. The van der Waals surface area contributed by atoms with Gasteiger partial charge in [0.15, 0.2) is 0 Å². The molecule has 2 aromatic rings. The number of H-pyrrole nitrogens is 1. The maximum atomic E-state index is 12.6. The highest BCUT2D eigenvalue weighted by Gasteiger charge is 2.30. The molecule has 146 valence electrons. The lowest BCUT2D eigenvalue weighted by Gasteiger charge is -2.32. The van der Waals surface area contributed by atoms with Gasteiger partial charge in [-0.3, -0.25) is 4.79 Å². The molecule has 0 bridgehead atoms. The summed E-state index contributed by atoms with van der Waals surface area (Å²) in [7, 11) is 0. The Bertz CT molecular complexity index is 720. The molecule has 27 heavy (non-hydrogen) atoms. The zero-order chi connectivity index (χ0) is 19.3. The first-order valence-corrected chi connectivity index (χ1v) is 9.07. The molecule has 1 aromatic heterocycles. The summed E-state index contributed by atoms with van der Waals surface area (Å²) in [6, 6.07) is 5.49. The predicted molar refractivity (Wildman–Crippen MR) is 95.2 cm³/mol. The van der Waals surface area contributed by atoms with Gasteiger partial charge in [0.05, 0.1) is 18.1 Å². The van der Waals surface area contributed by atoms with Gasteiger partial charge in [0.25, 0.3) is 5.91 Å². The first-order valence-electron chi connectivity index (χ1n) is 9.07. The molecule has 0 radical (unpaired) electrons. The highest BCUT2D eigenvalue weighted by Crippen LogP contribution is 2.30. The number of rotatable bonds is 6. The van der Waals surface area contributed by atoms with Crippen molar-refractivity contribution in [2.75, 3.05) is 26.2 Å². The van der Waals surface area contributed by atoms with Gasteiger partial charge in [-0.05, 0) is 56.0 Å². The summed E-state index contributed by atoms with van der Waals surface area (Å²) < 4.78 is 37.8. The number of nitrogens with zero attached hydrogens (tertiary/aromatic N) is 2. The van der Waals surface area contributed by atoms with Crippen LogP contribution in [-0.4, -0.2) is 47.0 Å². The number of carbonyl (C=O) groups is 1. The fourth-order valence-corrected chi connectivity index (χ4v) is 3.38. The van der Waals surface area contributed by atoms with Gasteiger partial charge in [-0.1, -0.05) is 12.1 Å². The normalized spacial score (nSPS) is 16.4. The van der Waals surface area contributed by atoms with Crippen molar-refractivity contribution >= 4 is 5.91 Å². The van der Waals surface area contributed by atoms with Crippen LogP contribution in [0.2, 0.25) is 0 Å². The fraction of sp³-hybridized carbons (Fsp3) is 0.474. The van der Waals surface area contributed by atoms with Crippen molar-refractivity contribution in [2.24, 2.45) is 5.92 Å². The minimum Gasteiger partial charge on any atom is -0.349 e. The standard InChI is InChI=1S/C19H23F3N4O/c20-19(21,22)16-3-1-14(2-4-16)11-15-5-8-26(9-6-15)10-7-24-18(27)17-12-23-13-25-17/h1-4,12-13,15H,5-11H2,(H,23,25)(H,24,27). The van der Waals surface area contributed by atoms with E-state index in [4.69, 9.17) is 0 Å². The van der Waals surface area contributed by atoms with Crippen LogP contribution in [0.4, 0.5) is 13.2 Å². The van der Waals surface area contributed by atoms with Crippen LogP contribution in [0.3, 0.4) is 0 Å². The van der Waals surface area contributed by atoms with E-state index >= 15 is 0 Å². The van der Waals surface area contributed by atoms with Gasteiger partial charge in [-0.2, -0.15) is 13.2 Å². The summed E-state index contributed by atoms with van der Waals surface area (Å²) in [4.78, 5) is 20.7. The number of nitrogens with one attached hydrogen (secondary N) is 2. The summed E-state index contributed by atoms with van der Waals surface area (Å²) in [6.07, 6.45) is 1.50. The number of halogens is 3. The predicted octanol–water partition coefficient (Wildman–Crippen LogP) is 3.11. The van der Waals surface area contributed by atoms with Gasteiger partial charge in [-0.25, -0.2) is 4.98 Å². The Balaban J connectivity index is 1.37. The second-order valence-corrected chi connectivity index (χ2v) is 6.91.